The van der Waals surface area contributed by atoms with Gasteiger partial charge < -0.3 is 10.3 Å². The van der Waals surface area contributed by atoms with Crippen LogP contribution >= 0.6 is 11.3 Å². The van der Waals surface area contributed by atoms with E-state index >= 15 is 0 Å². The largest absolute Gasteiger partial charge is 0.417 e. The number of pyridine rings is 1. The van der Waals surface area contributed by atoms with Crippen LogP contribution in [0.15, 0.2) is 28.5 Å². The second-order valence-corrected chi connectivity index (χ2v) is 7.28. The van der Waals surface area contributed by atoms with Crippen LogP contribution in [0.4, 0.5) is 13.2 Å². The molecule has 5 nitrogen and oxygen atoms in total. The topological polar surface area (TPSA) is 65.2 Å². The lowest BCUT2D eigenvalue weighted by Crippen LogP contribution is -2.44. The van der Waals surface area contributed by atoms with E-state index in [4.69, 9.17) is 0 Å². The SMILES string of the molecule is CC(CNC(=O)c1cc(C(F)(F)F)c[nH]c1=O)N1CCc2sccc2C1. The van der Waals surface area contributed by atoms with Gasteiger partial charge >= 0.3 is 6.18 Å². The van der Waals surface area contributed by atoms with Gasteiger partial charge in [-0.25, -0.2) is 0 Å². The van der Waals surface area contributed by atoms with Crippen molar-refractivity contribution in [3.05, 3.63) is 55.6 Å². The molecule has 1 aliphatic heterocycles. The quantitative estimate of drug-likeness (QED) is 0.851. The van der Waals surface area contributed by atoms with Crippen LogP contribution in [0, 0.1) is 0 Å². The Morgan fingerprint density at radius 2 is 2.23 bits per heavy atom. The molecule has 0 aromatic carbocycles. The Kier molecular flexibility index (Phi) is 5.19. The molecule has 1 amide bonds. The van der Waals surface area contributed by atoms with Crippen molar-refractivity contribution in [3.8, 4) is 0 Å². The predicted molar refractivity (Wildman–Crippen MR) is 92.3 cm³/mol. The lowest BCUT2D eigenvalue weighted by Gasteiger charge is -2.32. The molecule has 1 atom stereocenters. The van der Waals surface area contributed by atoms with E-state index in [2.05, 4.69) is 21.7 Å². The van der Waals surface area contributed by atoms with Gasteiger partial charge in [0.05, 0.1) is 5.56 Å². The fourth-order valence-corrected chi connectivity index (χ4v) is 3.82. The number of alkyl halides is 3. The van der Waals surface area contributed by atoms with Crippen LogP contribution in [0.5, 0.6) is 0 Å². The van der Waals surface area contributed by atoms with Crippen molar-refractivity contribution in [2.45, 2.75) is 32.1 Å². The van der Waals surface area contributed by atoms with E-state index in [-0.39, 0.29) is 12.6 Å². The molecule has 0 radical (unpaired) electrons. The first-order valence-electron chi connectivity index (χ1n) is 8.13. The number of amides is 1. The van der Waals surface area contributed by atoms with Gasteiger partial charge in [-0.15, -0.1) is 11.3 Å². The molecule has 9 heteroatoms. The number of hydrogen-bond donors (Lipinski definition) is 2. The molecule has 140 valence electrons. The Bertz CT molecular complexity index is 859. The first-order valence-corrected chi connectivity index (χ1v) is 9.01. The molecular weight excluding hydrogens is 367 g/mol. The number of rotatable bonds is 4. The molecule has 0 saturated carbocycles. The smallest absolute Gasteiger partial charge is 0.350 e. The van der Waals surface area contributed by atoms with Crippen molar-refractivity contribution in [2.75, 3.05) is 13.1 Å². The zero-order valence-corrected chi connectivity index (χ0v) is 14.8. The molecule has 1 unspecified atom stereocenters. The van der Waals surface area contributed by atoms with Gasteiger partial charge in [-0.3, -0.25) is 14.5 Å². The average Bonchev–Trinajstić information content (AvgIpc) is 3.06. The molecule has 2 aromatic heterocycles. The molecule has 2 aromatic rings. The Balaban J connectivity index is 1.63. The summed E-state index contributed by atoms with van der Waals surface area (Å²) in [5, 5.41) is 4.62. The van der Waals surface area contributed by atoms with Crippen molar-refractivity contribution in [1.29, 1.82) is 0 Å². The Hall–Kier alpha value is -2.13. The number of aromatic amines is 1. The highest BCUT2D eigenvalue weighted by molar-refractivity contribution is 7.10. The van der Waals surface area contributed by atoms with Gasteiger partial charge in [0, 0.05) is 36.8 Å². The van der Waals surface area contributed by atoms with Crippen LogP contribution < -0.4 is 10.9 Å². The first kappa shape index (κ1) is 18.7. The molecule has 1 aliphatic rings. The third kappa shape index (κ3) is 3.99. The Morgan fingerprint density at radius 1 is 1.46 bits per heavy atom. The highest BCUT2D eigenvalue weighted by Crippen LogP contribution is 2.28. The van der Waals surface area contributed by atoms with Crippen LogP contribution in [0.25, 0.3) is 0 Å². The van der Waals surface area contributed by atoms with Crippen molar-refractivity contribution < 1.29 is 18.0 Å². The standard InChI is InChI=1S/C17H18F3N3O2S/c1-10(23-4-2-14-11(9-23)3-5-26-14)7-21-15(24)13-6-12(17(18,19)20)8-22-16(13)25/h3,5-6,8,10H,2,4,7,9H2,1H3,(H,21,24)(H,22,25). The maximum Gasteiger partial charge on any atom is 0.417 e. The van der Waals surface area contributed by atoms with Crippen LogP contribution in [-0.2, 0) is 19.1 Å². The van der Waals surface area contributed by atoms with Gasteiger partial charge in [-0.2, -0.15) is 13.2 Å². The molecule has 0 aliphatic carbocycles. The minimum absolute atomic E-state index is 0.00289. The van der Waals surface area contributed by atoms with Crippen LogP contribution in [0.1, 0.15) is 33.3 Å². The summed E-state index contributed by atoms with van der Waals surface area (Å²) in [6, 6.07) is 2.66. The summed E-state index contributed by atoms with van der Waals surface area (Å²) in [5.41, 5.74) is -1.17. The van der Waals surface area contributed by atoms with Gasteiger partial charge in [-0.1, -0.05) is 0 Å². The van der Waals surface area contributed by atoms with E-state index in [9.17, 15) is 22.8 Å². The number of nitrogens with one attached hydrogen (secondary N) is 2. The third-order valence-corrected chi connectivity index (χ3v) is 5.52. The number of H-pyrrole nitrogens is 1. The lowest BCUT2D eigenvalue weighted by atomic mass is 10.1. The minimum Gasteiger partial charge on any atom is -0.350 e. The van der Waals surface area contributed by atoms with E-state index in [0.29, 0.717) is 12.3 Å². The Morgan fingerprint density at radius 3 is 2.96 bits per heavy atom. The van der Waals surface area contributed by atoms with Gasteiger partial charge in [0.25, 0.3) is 11.5 Å². The zero-order valence-electron chi connectivity index (χ0n) is 14.0. The average molecular weight is 385 g/mol. The van der Waals surface area contributed by atoms with Crippen LogP contribution in [0.3, 0.4) is 0 Å². The van der Waals surface area contributed by atoms with Crippen LogP contribution in [-0.4, -0.2) is 34.9 Å². The number of carbonyl (C=O) groups is 1. The number of fused-ring (bicyclic) bond motifs is 1. The van der Waals surface area contributed by atoms with E-state index in [1.807, 2.05) is 11.9 Å². The number of halogens is 3. The highest BCUT2D eigenvalue weighted by atomic mass is 32.1. The van der Waals surface area contributed by atoms with E-state index in [1.54, 1.807) is 11.3 Å². The second-order valence-electron chi connectivity index (χ2n) is 6.28. The normalized spacial score (nSPS) is 16.2. The molecule has 26 heavy (non-hydrogen) atoms. The van der Waals surface area contributed by atoms with Gasteiger partial charge in [0.15, 0.2) is 0 Å². The molecule has 3 rings (SSSR count). The molecule has 0 bridgehead atoms. The van der Waals surface area contributed by atoms with Gasteiger partial charge in [0.1, 0.15) is 5.56 Å². The Labute approximate surface area is 151 Å². The molecule has 3 heterocycles. The van der Waals surface area contributed by atoms with Crippen molar-refractivity contribution in [2.24, 2.45) is 0 Å². The monoisotopic (exact) mass is 385 g/mol. The van der Waals surface area contributed by atoms with Crippen molar-refractivity contribution >= 4 is 17.2 Å². The maximum absolute atomic E-state index is 12.8. The number of thiophene rings is 1. The number of hydrogen-bond acceptors (Lipinski definition) is 4. The third-order valence-electron chi connectivity index (χ3n) is 4.49. The summed E-state index contributed by atoms with van der Waals surface area (Å²) in [6.07, 6.45) is -3.12. The zero-order chi connectivity index (χ0) is 18.9. The minimum atomic E-state index is -4.63. The van der Waals surface area contributed by atoms with E-state index < -0.39 is 28.8 Å². The molecule has 2 N–H and O–H groups in total. The number of aromatic nitrogens is 1. The first-order chi connectivity index (χ1) is 12.3. The molecule has 0 fully saturated rings. The van der Waals surface area contributed by atoms with Gasteiger partial charge in [0.2, 0.25) is 0 Å². The number of carbonyl (C=O) groups excluding carboxylic acids is 1. The summed E-state index contributed by atoms with van der Waals surface area (Å²) in [5.74, 6) is -0.808. The van der Waals surface area contributed by atoms with Crippen molar-refractivity contribution in [1.82, 2.24) is 15.2 Å². The van der Waals surface area contributed by atoms with E-state index in [1.165, 1.54) is 10.4 Å². The molecular formula is C17H18F3N3O2S. The lowest BCUT2D eigenvalue weighted by molar-refractivity contribution is -0.137. The highest BCUT2D eigenvalue weighted by Gasteiger charge is 2.32. The van der Waals surface area contributed by atoms with Crippen LogP contribution in [0.2, 0.25) is 0 Å². The summed E-state index contributed by atoms with van der Waals surface area (Å²) in [6.45, 7) is 3.82. The summed E-state index contributed by atoms with van der Waals surface area (Å²) < 4.78 is 38.3. The summed E-state index contributed by atoms with van der Waals surface area (Å²) in [4.78, 5) is 29.4. The second kappa shape index (κ2) is 7.24. The van der Waals surface area contributed by atoms with Crippen molar-refractivity contribution in [3.63, 3.8) is 0 Å². The maximum atomic E-state index is 12.8. The predicted octanol–water partition coefficient (Wildman–Crippen LogP) is 2.63. The number of nitrogens with zero attached hydrogens (tertiary/aromatic N) is 1. The molecule has 0 saturated heterocycles. The van der Waals surface area contributed by atoms with E-state index in [0.717, 1.165) is 19.5 Å². The summed E-state index contributed by atoms with van der Waals surface area (Å²) in [7, 11) is 0. The summed E-state index contributed by atoms with van der Waals surface area (Å²) >= 11 is 1.73. The fraction of sp³-hybridized carbons (Fsp3) is 0.412. The van der Waals surface area contributed by atoms with Gasteiger partial charge in [-0.05, 0) is 36.4 Å². The fourth-order valence-electron chi connectivity index (χ4n) is 2.93. The molecule has 0 spiro atoms.